The molecule has 1 saturated carbocycles. The van der Waals surface area contributed by atoms with Crippen LogP contribution in [-0.4, -0.2) is 46.5 Å². The summed E-state index contributed by atoms with van der Waals surface area (Å²) < 4.78 is 33.7. The van der Waals surface area contributed by atoms with Crippen molar-refractivity contribution in [3.05, 3.63) is 35.4 Å². The Balaban J connectivity index is 1.30. The van der Waals surface area contributed by atoms with E-state index in [2.05, 4.69) is 0 Å². The van der Waals surface area contributed by atoms with Gasteiger partial charge in [0.1, 0.15) is 17.9 Å². The lowest BCUT2D eigenvalue weighted by atomic mass is 9.89. The molecule has 0 unspecified atom stereocenters. The highest BCUT2D eigenvalue weighted by Crippen LogP contribution is 2.48. The summed E-state index contributed by atoms with van der Waals surface area (Å²) in [5, 5.41) is 0. The first-order chi connectivity index (χ1) is 14.0. The van der Waals surface area contributed by atoms with Crippen molar-refractivity contribution in [3.63, 3.8) is 0 Å². The Morgan fingerprint density at radius 2 is 1.66 bits per heavy atom. The molecular formula is C22H26F2N2O3. The zero-order chi connectivity index (χ0) is 20.2. The molecular weight excluding hydrogens is 378 g/mol. The second-order valence-corrected chi connectivity index (χ2v) is 8.88. The smallest absolute Gasteiger partial charge is 0.257 e. The van der Waals surface area contributed by atoms with E-state index in [1.165, 1.54) is 12.1 Å². The van der Waals surface area contributed by atoms with Gasteiger partial charge in [-0.3, -0.25) is 9.59 Å². The Morgan fingerprint density at radius 1 is 1.00 bits per heavy atom. The molecule has 0 bridgehead atoms. The molecule has 5 nitrogen and oxygen atoms in total. The van der Waals surface area contributed by atoms with Crippen LogP contribution in [0, 0.1) is 17.6 Å². The molecule has 3 saturated heterocycles. The Bertz CT molecular complexity index is 811. The van der Waals surface area contributed by atoms with E-state index in [4.69, 9.17) is 4.74 Å². The van der Waals surface area contributed by atoms with Gasteiger partial charge in [0.15, 0.2) is 5.60 Å². The maximum absolute atomic E-state index is 13.7. The second kappa shape index (κ2) is 7.04. The van der Waals surface area contributed by atoms with E-state index < -0.39 is 17.2 Å². The zero-order valence-electron chi connectivity index (χ0n) is 16.4. The van der Waals surface area contributed by atoms with E-state index >= 15 is 0 Å². The van der Waals surface area contributed by atoms with Gasteiger partial charge in [0.25, 0.3) is 5.91 Å². The number of amides is 2. The minimum atomic E-state index is -0.901. The summed E-state index contributed by atoms with van der Waals surface area (Å²) >= 11 is 0. The number of carbonyl (C=O) groups excluding carboxylic acids is 2. The number of fused-ring (bicyclic) bond motifs is 1. The van der Waals surface area contributed by atoms with Crippen molar-refractivity contribution in [2.45, 2.75) is 69.2 Å². The van der Waals surface area contributed by atoms with Crippen molar-refractivity contribution in [3.8, 4) is 0 Å². The summed E-state index contributed by atoms with van der Waals surface area (Å²) in [7, 11) is 0. The summed E-state index contributed by atoms with van der Waals surface area (Å²) in [6.45, 7) is 1.06. The van der Waals surface area contributed by atoms with Crippen molar-refractivity contribution in [2.75, 3.05) is 13.1 Å². The van der Waals surface area contributed by atoms with Gasteiger partial charge in [-0.25, -0.2) is 8.78 Å². The molecule has 1 aliphatic carbocycles. The average molecular weight is 404 g/mol. The van der Waals surface area contributed by atoms with Crippen LogP contribution in [0.3, 0.4) is 0 Å². The first-order valence-electron chi connectivity index (χ1n) is 10.7. The fourth-order valence-corrected chi connectivity index (χ4v) is 5.66. The van der Waals surface area contributed by atoms with Crippen LogP contribution in [0.25, 0.3) is 0 Å². The van der Waals surface area contributed by atoms with Crippen LogP contribution in [0.5, 0.6) is 0 Å². The summed E-state index contributed by atoms with van der Waals surface area (Å²) in [5.41, 5.74) is -0.422. The Labute approximate surface area is 169 Å². The lowest BCUT2D eigenvalue weighted by Crippen LogP contribution is -2.52. The summed E-state index contributed by atoms with van der Waals surface area (Å²) in [4.78, 5) is 29.6. The highest BCUT2D eigenvalue weighted by Gasteiger charge is 2.58. The third kappa shape index (κ3) is 3.14. The number of piperidine rings is 1. The predicted octanol–water partition coefficient (Wildman–Crippen LogP) is 3.54. The summed E-state index contributed by atoms with van der Waals surface area (Å²) in [5.74, 6) is -1.01. The van der Waals surface area contributed by atoms with Crippen molar-refractivity contribution in [1.82, 2.24) is 9.80 Å². The largest absolute Gasteiger partial charge is 0.342 e. The molecule has 7 heteroatoms. The number of halogens is 2. The minimum Gasteiger partial charge on any atom is -0.342 e. The molecule has 1 aromatic rings. The van der Waals surface area contributed by atoms with E-state index in [0.29, 0.717) is 44.3 Å². The summed E-state index contributed by atoms with van der Waals surface area (Å²) in [6.07, 6.45) is 6.08. The molecule has 0 radical (unpaired) electrons. The fourth-order valence-electron chi connectivity index (χ4n) is 5.66. The predicted molar refractivity (Wildman–Crippen MR) is 101 cm³/mol. The Hall–Kier alpha value is -2.02. The molecule has 2 amide bonds. The highest BCUT2D eigenvalue weighted by molar-refractivity contribution is 5.88. The maximum Gasteiger partial charge on any atom is 0.257 e. The molecule has 156 valence electrons. The molecule has 0 N–H and O–H groups in total. The van der Waals surface area contributed by atoms with Gasteiger partial charge in [0, 0.05) is 37.9 Å². The number of carbonyl (C=O) groups is 2. The van der Waals surface area contributed by atoms with Crippen LogP contribution >= 0.6 is 0 Å². The molecule has 1 spiro atoms. The first kappa shape index (κ1) is 19.0. The number of nitrogens with zero attached hydrogens (tertiary/aromatic N) is 2. The SMILES string of the molecule is O=C(C1CCCC1)N1CCC2(CC1)O[C@@H]1CC[C@@H](c3cc(F)cc(F)c3)N1C2=O. The highest BCUT2D eigenvalue weighted by atomic mass is 19.1. The van der Waals surface area contributed by atoms with E-state index in [9.17, 15) is 18.4 Å². The lowest BCUT2D eigenvalue weighted by Gasteiger charge is -2.38. The van der Waals surface area contributed by atoms with Crippen molar-refractivity contribution in [1.29, 1.82) is 0 Å². The van der Waals surface area contributed by atoms with Gasteiger partial charge in [-0.15, -0.1) is 0 Å². The lowest BCUT2D eigenvalue weighted by molar-refractivity contribution is -0.150. The van der Waals surface area contributed by atoms with Crippen molar-refractivity contribution >= 4 is 11.8 Å². The molecule has 3 heterocycles. The van der Waals surface area contributed by atoms with Crippen LogP contribution in [0.15, 0.2) is 18.2 Å². The molecule has 3 aliphatic heterocycles. The van der Waals surface area contributed by atoms with Crippen LogP contribution in [0.4, 0.5) is 8.78 Å². The van der Waals surface area contributed by atoms with Gasteiger partial charge < -0.3 is 14.5 Å². The van der Waals surface area contributed by atoms with Crippen LogP contribution in [0.1, 0.15) is 63.0 Å². The van der Waals surface area contributed by atoms with E-state index in [-0.39, 0.29) is 30.0 Å². The fraction of sp³-hybridized carbons (Fsp3) is 0.636. The second-order valence-electron chi connectivity index (χ2n) is 8.88. The Morgan fingerprint density at radius 3 is 2.31 bits per heavy atom. The number of rotatable bonds is 2. The minimum absolute atomic E-state index is 0.0948. The molecule has 5 rings (SSSR count). The zero-order valence-corrected chi connectivity index (χ0v) is 16.4. The number of likely N-dealkylation sites (tertiary alicyclic amines) is 1. The summed E-state index contributed by atoms with van der Waals surface area (Å²) in [6, 6.07) is 3.08. The van der Waals surface area contributed by atoms with Crippen LogP contribution in [0.2, 0.25) is 0 Å². The van der Waals surface area contributed by atoms with E-state index in [0.717, 1.165) is 31.7 Å². The first-order valence-corrected chi connectivity index (χ1v) is 10.7. The third-order valence-corrected chi connectivity index (χ3v) is 7.18. The van der Waals surface area contributed by atoms with Gasteiger partial charge in [0.2, 0.25) is 5.91 Å². The molecule has 0 aromatic heterocycles. The molecule has 29 heavy (non-hydrogen) atoms. The van der Waals surface area contributed by atoms with Gasteiger partial charge in [-0.2, -0.15) is 0 Å². The maximum atomic E-state index is 13.7. The number of hydrogen-bond donors (Lipinski definition) is 0. The standard InChI is InChI=1S/C22H26F2N2O3/c23-16-11-15(12-17(24)13-16)18-5-6-19-26(18)21(28)22(29-19)7-9-25(10-8-22)20(27)14-3-1-2-4-14/h11-14,18-19H,1-10H2/t18-,19+/m0/s1. The van der Waals surface area contributed by atoms with Crippen molar-refractivity contribution < 1.29 is 23.1 Å². The average Bonchev–Trinajstić information content (AvgIpc) is 3.41. The van der Waals surface area contributed by atoms with Crippen molar-refractivity contribution in [2.24, 2.45) is 5.92 Å². The quantitative estimate of drug-likeness (QED) is 0.758. The van der Waals surface area contributed by atoms with Gasteiger partial charge in [-0.1, -0.05) is 12.8 Å². The van der Waals surface area contributed by atoms with Gasteiger partial charge in [-0.05, 0) is 43.4 Å². The molecule has 4 aliphatic rings. The van der Waals surface area contributed by atoms with E-state index in [1.807, 2.05) is 4.90 Å². The monoisotopic (exact) mass is 404 g/mol. The topological polar surface area (TPSA) is 49.9 Å². The van der Waals surface area contributed by atoms with E-state index in [1.54, 1.807) is 4.90 Å². The molecule has 4 fully saturated rings. The normalized spacial score (nSPS) is 29.1. The van der Waals surface area contributed by atoms with Crippen LogP contribution < -0.4 is 0 Å². The molecule has 1 aromatic carbocycles. The number of ether oxygens (including phenoxy) is 1. The number of benzene rings is 1. The van der Waals surface area contributed by atoms with Gasteiger partial charge >= 0.3 is 0 Å². The Kier molecular flexibility index (Phi) is 4.61. The number of hydrogen-bond acceptors (Lipinski definition) is 3. The molecule has 2 atom stereocenters. The van der Waals surface area contributed by atoms with Gasteiger partial charge in [0.05, 0.1) is 6.04 Å². The third-order valence-electron chi connectivity index (χ3n) is 7.18. The van der Waals surface area contributed by atoms with Crippen LogP contribution in [-0.2, 0) is 14.3 Å².